The molecule has 0 saturated heterocycles. The minimum absolute atomic E-state index is 0.621. The maximum atomic E-state index is 5.40. The van der Waals surface area contributed by atoms with Gasteiger partial charge in [0.25, 0.3) is 0 Å². The normalized spacial score (nSPS) is 10.4. The van der Waals surface area contributed by atoms with Gasteiger partial charge in [0, 0.05) is 18.7 Å². The number of aromatic nitrogens is 2. The lowest BCUT2D eigenvalue weighted by Crippen LogP contribution is -1.95. The summed E-state index contributed by atoms with van der Waals surface area (Å²) in [6.07, 6.45) is 1.73. The highest BCUT2D eigenvalue weighted by atomic mass is 79.9. The molecule has 6 heteroatoms. The van der Waals surface area contributed by atoms with Crippen LogP contribution in [0.4, 0.5) is 0 Å². The third kappa shape index (κ3) is 2.40. The molecule has 0 atom stereocenters. The fourth-order valence-electron chi connectivity index (χ4n) is 1.81. The van der Waals surface area contributed by atoms with E-state index in [1.165, 1.54) is 0 Å². The summed E-state index contributed by atoms with van der Waals surface area (Å²) in [6.45, 7) is 0. The fourth-order valence-corrected chi connectivity index (χ4v) is 2.22. The molecule has 0 aliphatic heterocycles. The largest absolute Gasteiger partial charge is 0.496 e. The Morgan fingerprint density at radius 2 is 1.58 bits per heavy atom. The van der Waals surface area contributed by atoms with Crippen molar-refractivity contribution in [1.82, 2.24) is 9.55 Å². The van der Waals surface area contributed by atoms with Gasteiger partial charge in [0.05, 0.1) is 27.7 Å². The van der Waals surface area contributed by atoms with Gasteiger partial charge in [-0.05, 0) is 22.0 Å². The molecule has 19 heavy (non-hydrogen) atoms. The molecule has 5 nitrogen and oxygen atoms in total. The average molecular weight is 327 g/mol. The monoisotopic (exact) mass is 326 g/mol. The maximum Gasteiger partial charge on any atom is 0.164 e. The molecule has 0 aliphatic rings. The lowest BCUT2D eigenvalue weighted by Gasteiger charge is -2.13. The molecular formula is C13H15BrN2O3. The third-order valence-corrected chi connectivity index (χ3v) is 3.76. The highest BCUT2D eigenvalue weighted by Crippen LogP contribution is 2.41. The van der Waals surface area contributed by atoms with Crippen LogP contribution in [-0.4, -0.2) is 30.9 Å². The molecule has 0 radical (unpaired) electrons. The fraction of sp³-hybridized carbons (Fsp3) is 0.308. The van der Waals surface area contributed by atoms with Crippen molar-refractivity contribution in [1.29, 1.82) is 0 Å². The smallest absolute Gasteiger partial charge is 0.164 e. The molecule has 2 aromatic rings. The molecular weight excluding hydrogens is 312 g/mol. The molecule has 0 unspecified atom stereocenters. The van der Waals surface area contributed by atoms with E-state index in [1.54, 1.807) is 33.7 Å². The second-order valence-corrected chi connectivity index (χ2v) is 4.65. The molecule has 1 aromatic carbocycles. The van der Waals surface area contributed by atoms with Crippen LogP contribution in [0.5, 0.6) is 17.2 Å². The standard InChI is InChI=1S/C13H15BrN2O3/c1-16-7-15-12(13(16)14)8-5-10(18-3)11(19-4)6-9(8)17-2/h5-7H,1-4H3. The van der Waals surface area contributed by atoms with Crippen molar-refractivity contribution in [3.63, 3.8) is 0 Å². The van der Waals surface area contributed by atoms with Gasteiger partial charge in [-0.3, -0.25) is 0 Å². The summed E-state index contributed by atoms with van der Waals surface area (Å²) in [5.41, 5.74) is 1.63. The minimum Gasteiger partial charge on any atom is -0.496 e. The second-order valence-electron chi connectivity index (χ2n) is 3.90. The predicted octanol–water partition coefficient (Wildman–Crippen LogP) is 2.88. The molecule has 1 heterocycles. The zero-order chi connectivity index (χ0) is 14.0. The highest BCUT2D eigenvalue weighted by molar-refractivity contribution is 9.10. The minimum atomic E-state index is 0.621. The quantitative estimate of drug-likeness (QED) is 0.866. The van der Waals surface area contributed by atoms with E-state index in [0.717, 1.165) is 15.9 Å². The second kappa shape index (κ2) is 5.52. The van der Waals surface area contributed by atoms with E-state index in [2.05, 4.69) is 20.9 Å². The van der Waals surface area contributed by atoms with E-state index in [4.69, 9.17) is 14.2 Å². The number of hydrogen-bond donors (Lipinski definition) is 0. The van der Waals surface area contributed by atoms with E-state index in [1.807, 2.05) is 17.7 Å². The number of halogens is 1. The van der Waals surface area contributed by atoms with Gasteiger partial charge in [-0.15, -0.1) is 0 Å². The van der Waals surface area contributed by atoms with Gasteiger partial charge < -0.3 is 18.8 Å². The number of benzene rings is 1. The van der Waals surface area contributed by atoms with Gasteiger partial charge in [-0.25, -0.2) is 4.98 Å². The van der Waals surface area contributed by atoms with Crippen LogP contribution in [0.25, 0.3) is 11.3 Å². The Morgan fingerprint density at radius 3 is 2.05 bits per heavy atom. The first-order chi connectivity index (χ1) is 9.12. The first kappa shape index (κ1) is 13.7. The molecule has 0 amide bonds. The van der Waals surface area contributed by atoms with E-state index < -0.39 is 0 Å². The summed E-state index contributed by atoms with van der Waals surface area (Å²) in [5, 5.41) is 0. The predicted molar refractivity (Wildman–Crippen MR) is 76.0 cm³/mol. The van der Waals surface area contributed by atoms with E-state index in [0.29, 0.717) is 17.2 Å². The van der Waals surface area contributed by atoms with Gasteiger partial charge in [0.15, 0.2) is 11.5 Å². The topological polar surface area (TPSA) is 45.5 Å². The van der Waals surface area contributed by atoms with Gasteiger partial charge in [0.1, 0.15) is 16.0 Å². The Kier molecular flexibility index (Phi) is 3.99. The molecule has 0 bridgehead atoms. The van der Waals surface area contributed by atoms with Crippen molar-refractivity contribution >= 4 is 15.9 Å². The number of methoxy groups -OCH3 is 3. The number of rotatable bonds is 4. The van der Waals surface area contributed by atoms with Gasteiger partial charge in [-0.1, -0.05) is 0 Å². The zero-order valence-electron chi connectivity index (χ0n) is 11.2. The van der Waals surface area contributed by atoms with Crippen LogP contribution in [0.3, 0.4) is 0 Å². The highest BCUT2D eigenvalue weighted by Gasteiger charge is 2.17. The molecule has 0 N–H and O–H groups in total. The Balaban J connectivity index is 2.65. The van der Waals surface area contributed by atoms with Crippen molar-refractivity contribution in [3.05, 3.63) is 23.1 Å². The SMILES string of the molecule is COc1cc(OC)c(-c2ncn(C)c2Br)cc1OC. The van der Waals surface area contributed by atoms with Crippen LogP contribution in [-0.2, 0) is 7.05 Å². The van der Waals surface area contributed by atoms with E-state index in [9.17, 15) is 0 Å². The molecule has 0 fully saturated rings. The number of nitrogens with zero attached hydrogens (tertiary/aromatic N) is 2. The Bertz CT molecular complexity index is 596. The van der Waals surface area contributed by atoms with Gasteiger partial charge >= 0.3 is 0 Å². The summed E-state index contributed by atoms with van der Waals surface area (Å²) in [6, 6.07) is 3.64. The van der Waals surface area contributed by atoms with Crippen molar-refractivity contribution < 1.29 is 14.2 Å². The van der Waals surface area contributed by atoms with Crippen LogP contribution >= 0.6 is 15.9 Å². The van der Waals surface area contributed by atoms with Crippen molar-refractivity contribution in [3.8, 4) is 28.5 Å². The van der Waals surface area contributed by atoms with Crippen molar-refractivity contribution in [2.24, 2.45) is 7.05 Å². The van der Waals surface area contributed by atoms with Crippen LogP contribution < -0.4 is 14.2 Å². The van der Waals surface area contributed by atoms with Crippen LogP contribution in [0, 0.1) is 0 Å². The van der Waals surface area contributed by atoms with Crippen LogP contribution in [0.15, 0.2) is 23.1 Å². The third-order valence-electron chi connectivity index (χ3n) is 2.83. The Hall–Kier alpha value is -1.69. The number of ether oxygens (including phenoxy) is 3. The molecule has 0 aliphatic carbocycles. The molecule has 2 rings (SSSR count). The van der Waals surface area contributed by atoms with Gasteiger partial charge in [0.2, 0.25) is 0 Å². The van der Waals surface area contributed by atoms with Crippen LogP contribution in [0.2, 0.25) is 0 Å². The molecule has 0 spiro atoms. The molecule has 1 aromatic heterocycles. The van der Waals surface area contributed by atoms with Crippen molar-refractivity contribution in [2.45, 2.75) is 0 Å². The van der Waals surface area contributed by atoms with E-state index >= 15 is 0 Å². The summed E-state index contributed by atoms with van der Waals surface area (Å²) < 4.78 is 18.7. The first-order valence-electron chi connectivity index (χ1n) is 5.59. The summed E-state index contributed by atoms with van der Waals surface area (Å²) in [4.78, 5) is 4.36. The summed E-state index contributed by atoms with van der Waals surface area (Å²) in [5.74, 6) is 1.93. The van der Waals surface area contributed by atoms with Crippen LogP contribution in [0.1, 0.15) is 0 Å². The molecule has 102 valence electrons. The zero-order valence-corrected chi connectivity index (χ0v) is 12.8. The maximum absolute atomic E-state index is 5.40. The van der Waals surface area contributed by atoms with Crippen molar-refractivity contribution in [2.75, 3.05) is 21.3 Å². The average Bonchev–Trinajstić information content (AvgIpc) is 2.77. The van der Waals surface area contributed by atoms with E-state index in [-0.39, 0.29) is 0 Å². The lowest BCUT2D eigenvalue weighted by atomic mass is 10.1. The Morgan fingerprint density at radius 1 is 1.00 bits per heavy atom. The first-order valence-corrected chi connectivity index (χ1v) is 6.38. The summed E-state index contributed by atoms with van der Waals surface area (Å²) in [7, 11) is 6.71. The molecule has 0 saturated carbocycles. The Labute approximate surface area is 120 Å². The lowest BCUT2D eigenvalue weighted by molar-refractivity contribution is 0.349. The number of hydrogen-bond acceptors (Lipinski definition) is 4. The summed E-state index contributed by atoms with van der Waals surface area (Å²) >= 11 is 3.51. The number of aryl methyl sites for hydroxylation is 1. The number of imidazole rings is 1. The van der Waals surface area contributed by atoms with Gasteiger partial charge in [-0.2, -0.15) is 0 Å².